The molecule has 2 saturated heterocycles. The maximum absolute atomic E-state index is 11.9. The van der Waals surface area contributed by atoms with Gasteiger partial charge in [-0.05, 0) is 0 Å². The number of aliphatic hydroxyl groups excluding tert-OH is 4. The van der Waals surface area contributed by atoms with Gasteiger partial charge in [0.15, 0.2) is 33.9 Å². The summed E-state index contributed by atoms with van der Waals surface area (Å²) in [4.78, 5) is 14.6. The molecule has 1 spiro atoms. The number of guanidine groups is 1. The first kappa shape index (κ1) is 14.6. The van der Waals surface area contributed by atoms with Gasteiger partial charge in [-0.25, -0.2) is 4.79 Å². The van der Waals surface area contributed by atoms with Crippen molar-refractivity contribution >= 4 is 27.9 Å². The molecular weight excluding hydrogens is 366 g/mol. The monoisotopic (exact) mass is 380 g/mol. The van der Waals surface area contributed by atoms with Crippen molar-refractivity contribution in [3.63, 3.8) is 0 Å². The molecule has 11 heteroatoms. The second-order valence-electron chi connectivity index (χ2n) is 6.04. The summed E-state index contributed by atoms with van der Waals surface area (Å²) in [5.41, 5.74) is 2.32. The number of hydrogen-bond acceptors (Lipinski definition) is 9. The summed E-state index contributed by atoms with van der Waals surface area (Å²) in [6.07, 6.45) is -7.04. The van der Waals surface area contributed by atoms with Crippen molar-refractivity contribution < 1.29 is 39.7 Å². The van der Waals surface area contributed by atoms with Gasteiger partial charge in [0, 0.05) is 0 Å². The molecule has 3 heterocycles. The maximum atomic E-state index is 11.9. The summed E-state index contributed by atoms with van der Waals surface area (Å²) in [5.74, 6) is -0.978. The van der Waals surface area contributed by atoms with E-state index in [1.54, 1.807) is 0 Å². The molecule has 0 radical (unpaired) electrons. The van der Waals surface area contributed by atoms with E-state index < -0.39 is 58.7 Å². The van der Waals surface area contributed by atoms with E-state index in [1.807, 2.05) is 0 Å². The van der Waals surface area contributed by atoms with E-state index in [1.165, 1.54) is 0 Å². The van der Waals surface area contributed by atoms with Gasteiger partial charge >= 0.3 is 11.9 Å². The van der Waals surface area contributed by atoms with Gasteiger partial charge in [0.1, 0.15) is 12.2 Å². The van der Waals surface area contributed by atoms with Crippen LogP contribution in [0.4, 0.5) is 0 Å². The number of ether oxygens (including phenoxy) is 2. The van der Waals surface area contributed by atoms with Crippen LogP contribution in [-0.4, -0.2) is 85.1 Å². The van der Waals surface area contributed by atoms with Crippen molar-refractivity contribution in [3.05, 3.63) is 0 Å². The quantitative estimate of drug-likeness (QED) is 0.173. The summed E-state index contributed by atoms with van der Waals surface area (Å²) >= 11 is 3.36. The van der Waals surface area contributed by atoms with E-state index in [2.05, 4.69) is 26.2 Å². The highest BCUT2D eigenvalue weighted by molar-refractivity contribution is 9.10. The first-order valence-corrected chi connectivity index (χ1v) is 7.44. The van der Waals surface area contributed by atoms with Crippen molar-refractivity contribution in [1.29, 1.82) is 0 Å². The summed E-state index contributed by atoms with van der Waals surface area (Å²) in [6.45, 7) is -0.721. The smallest absolute Gasteiger partial charge is 0.344 e. The predicted octanol–water partition coefficient (Wildman–Crippen LogP) is -6.03. The average Bonchev–Trinajstić information content (AvgIpc) is 2.85. The molecule has 0 amide bonds. The van der Waals surface area contributed by atoms with Gasteiger partial charge in [-0.15, -0.1) is 0 Å². The van der Waals surface area contributed by atoms with Crippen LogP contribution < -0.4 is 16.0 Å². The Kier molecular flexibility index (Phi) is 2.60. The Labute approximate surface area is 132 Å². The number of aliphatic hydroxyl groups is 4. The van der Waals surface area contributed by atoms with Crippen LogP contribution >= 0.6 is 15.9 Å². The molecule has 4 aliphatic rings. The Hall–Kier alpha value is -0.980. The summed E-state index contributed by atoms with van der Waals surface area (Å²) in [6, 6.07) is 0. The molecule has 122 valence electrons. The second-order valence-corrected chi connectivity index (χ2v) is 7.35. The zero-order chi connectivity index (χ0) is 16.1. The first-order valence-electron chi connectivity index (χ1n) is 6.65. The zero-order valence-electron chi connectivity index (χ0n) is 11.1. The minimum Gasteiger partial charge on any atom is -0.453 e. The molecule has 2 bridgehead atoms. The van der Waals surface area contributed by atoms with Crippen molar-refractivity contribution in [2.24, 2.45) is 5.73 Å². The number of fused-ring (bicyclic) bond motifs is 1. The Balaban J connectivity index is 2.02. The first-order chi connectivity index (χ1) is 10.3. The normalized spacial score (nSPS) is 58.7. The highest BCUT2D eigenvalue weighted by Gasteiger charge is 2.88. The van der Waals surface area contributed by atoms with Gasteiger partial charge in [0.25, 0.3) is 0 Å². The van der Waals surface area contributed by atoms with Crippen molar-refractivity contribution in [2.75, 3.05) is 6.61 Å². The van der Waals surface area contributed by atoms with Gasteiger partial charge in [0.05, 0.1) is 6.61 Å². The zero-order valence-corrected chi connectivity index (χ0v) is 12.6. The fourth-order valence-corrected chi connectivity index (χ4v) is 5.29. The van der Waals surface area contributed by atoms with E-state index >= 15 is 0 Å². The predicted molar refractivity (Wildman–Crippen MR) is 70.3 cm³/mol. The van der Waals surface area contributed by atoms with Gasteiger partial charge < -0.3 is 29.9 Å². The molecule has 3 aliphatic heterocycles. The molecule has 22 heavy (non-hydrogen) atoms. The molecule has 8 N–H and O–H groups in total. The number of carbonyl (C=O) groups excluding carboxylic acids is 1. The Bertz CT molecular complexity index is 604. The number of halogens is 1. The lowest BCUT2D eigenvalue weighted by Gasteiger charge is -2.53. The van der Waals surface area contributed by atoms with Crippen LogP contribution in [0.25, 0.3) is 0 Å². The third-order valence-corrected chi connectivity index (χ3v) is 6.73. The molecule has 8 atom stereocenters. The second kappa shape index (κ2) is 3.91. The maximum Gasteiger partial charge on any atom is 0.344 e. The van der Waals surface area contributed by atoms with Crippen molar-refractivity contribution in [1.82, 2.24) is 5.32 Å². The molecule has 10 nitrogen and oxygen atoms in total. The fourth-order valence-electron chi connectivity index (χ4n) is 4.15. The molecule has 4 rings (SSSR count). The third kappa shape index (κ3) is 1.16. The molecule has 8 unspecified atom stereocenters. The van der Waals surface area contributed by atoms with Gasteiger partial charge in [-0.1, -0.05) is 15.9 Å². The van der Waals surface area contributed by atoms with Gasteiger partial charge in [0.2, 0.25) is 0 Å². The lowest BCUT2D eigenvalue weighted by molar-refractivity contribution is -0.575. The summed E-state index contributed by atoms with van der Waals surface area (Å²) in [5, 5.41) is 44.1. The van der Waals surface area contributed by atoms with E-state index in [0.717, 1.165) is 0 Å². The van der Waals surface area contributed by atoms with Crippen LogP contribution in [0.15, 0.2) is 0 Å². The van der Waals surface area contributed by atoms with Crippen LogP contribution in [0.2, 0.25) is 0 Å². The van der Waals surface area contributed by atoms with Gasteiger partial charge in [-0.3, -0.25) is 16.0 Å². The Morgan fingerprint density at radius 3 is 2.73 bits per heavy atom. The number of rotatable bonds is 1. The van der Waals surface area contributed by atoms with Crippen molar-refractivity contribution in [3.8, 4) is 0 Å². The number of esters is 1. The summed E-state index contributed by atoms with van der Waals surface area (Å²) < 4.78 is 9.29. The molecular formula is C11H15BrN3O7+. The van der Waals surface area contributed by atoms with E-state index in [-0.39, 0.29) is 5.96 Å². The van der Waals surface area contributed by atoms with E-state index in [0.29, 0.717) is 0 Å². The van der Waals surface area contributed by atoms with Crippen LogP contribution in [0.3, 0.4) is 0 Å². The molecule has 3 fully saturated rings. The largest absolute Gasteiger partial charge is 0.453 e. The summed E-state index contributed by atoms with van der Waals surface area (Å²) in [7, 11) is 0. The molecule has 0 aromatic carbocycles. The molecule has 0 aromatic rings. The van der Waals surface area contributed by atoms with Crippen LogP contribution in [-0.2, 0) is 14.3 Å². The number of carbonyl (C=O) groups is 1. The van der Waals surface area contributed by atoms with Crippen LogP contribution in [0.5, 0.6) is 0 Å². The van der Waals surface area contributed by atoms with Crippen LogP contribution in [0, 0.1) is 0 Å². The van der Waals surface area contributed by atoms with E-state index in [9.17, 15) is 25.2 Å². The number of nitrogens with two attached hydrogens (primary N) is 1. The SMILES string of the molecule is NC1=[NH+]C2OC3(CO)C(O)C4OC(=O)C(O)C4(N1)C2(Br)C3O. The third-order valence-electron chi connectivity index (χ3n) is 5.22. The number of hydrogen-bond donors (Lipinski definition) is 7. The topological polar surface area (TPSA) is 168 Å². The number of nitrogens with one attached hydrogen (secondary N) is 2. The standard InChI is InChI=1S/C11H14BrN3O7/c12-10-6(20)9(1-16)2(17)4-11(10,3(18)5(19)21-4)15-8(13)14-7(10)22-9/h2-4,6-7,16-18,20H,1H2,(H3,13,14,15)/p+1. The molecule has 1 aliphatic carbocycles. The number of alkyl halides is 1. The Morgan fingerprint density at radius 1 is 1.41 bits per heavy atom. The lowest BCUT2D eigenvalue weighted by Crippen LogP contribution is -2.99. The lowest BCUT2D eigenvalue weighted by atomic mass is 9.61. The molecule has 1 saturated carbocycles. The van der Waals surface area contributed by atoms with Crippen molar-refractivity contribution in [2.45, 2.75) is 46.1 Å². The van der Waals surface area contributed by atoms with Gasteiger partial charge in [-0.2, -0.15) is 0 Å². The highest BCUT2D eigenvalue weighted by atomic mass is 79.9. The highest BCUT2D eigenvalue weighted by Crippen LogP contribution is 2.60. The minimum absolute atomic E-state index is 0.0162. The Morgan fingerprint density at radius 2 is 2.09 bits per heavy atom. The molecule has 0 aromatic heterocycles. The minimum atomic E-state index is -1.79. The van der Waals surface area contributed by atoms with E-state index in [4.69, 9.17) is 15.2 Å². The fraction of sp³-hybridized carbons (Fsp3) is 0.818. The van der Waals surface area contributed by atoms with Crippen LogP contribution in [0.1, 0.15) is 0 Å². The average molecular weight is 381 g/mol.